The third-order valence-corrected chi connectivity index (χ3v) is 3.02. The summed E-state index contributed by atoms with van der Waals surface area (Å²) in [5.74, 6) is -1.31. The van der Waals surface area contributed by atoms with Crippen molar-refractivity contribution in [3.8, 4) is 0 Å². The highest BCUT2D eigenvalue weighted by Gasteiger charge is 2.34. The van der Waals surface area contributed by atoms with Crippen molar-refractivity contribution in [3.05, 3.63) is 47.9 Å². The molecule has 128 valence electrons. The summed E-state index contributed by atoms with van der Waals surface area (Å²) in [5.41, 5.74) is -1.18. The number of hydrogen-bond donors (Lipinski definition) is 2. The van der Waals surface area contributed by atoms with Gasteiger partial charge >= 0.3 is 12.1 Å². The highest BCUT2D eigenvalue weighted by Crippen LogP contribution is 2.36. The standard InChI is InChI=1S/C15H13F3N2O4/c1-23-13(21)7-19-12-3-2-10(6-11(12)15(16,17)18)20-14(22)9-4-5-24-8-9/h2-6,8,19H,7H2,1H3,(H,20,22). The van der Waals surface area contributed by atoms with Crippen molar-refractivity contribution in [1.29, 1.82) is 0 Å². The maximum absolute atomic E-state index is 13.2. The molecule has 0 fully saturated rings. The number of alkyl halides is 3. The minimum atomic E-state index is -4.67. The Hall–Kier alpha value is -2.97. The average molecular weight is 342 g/mol. The molecule has 9 heteroatoms. The lowest BCUT2D eigenvalue weighted by Gasteiger charge is -2.16. The number of benzene rings is 1. The largest absolute Gasteiger partial charge is 0.472 e. The van der Waals surface area contributed by atoms with E-state index in [2.05, 4.69) is 15.4 Å². The molecule has 6 nitrogen and oxygen atoms in total. The lowest BCUT2D eigenvalue weighted by atomic mass is 10.1. The number of rotatable bonds is 5. The summed E-state index contributed by atoms with van der Waals surface area (Å²) in [6.45, 7) is -0.416. The number of hydrogen-bond acceptors (Lipinski definition) is 5. The van der Waals surface area contributed by atoms with Crippen LogP contribution in [0.4, 0.5) is 24.5 Å². The molecule has 1 amide bonds. The van der Waals surface area contributed by atoms with Gasteiger partial charge in [-0.05, 0) is 24.3 Å². The zero-order valence-electron chi connectivity index (χ0n) is 12.4. The van der Waals surface area contributed by atoms with Crippen LogP contribution in [0.2, 0.25) is 0 Å². The number of esters is 1. The summed E-state index contributed by atoms with van der Waals surface area (Å²) in [6.07, 6.45) is -2.23. The van der Waals surface area contributed by atoms with Crippen LogP contribution >= 0.6 is 0 Å². The molecule has 0 saturated heterocycles. The number of amides is 1. The van der Waals surface area contributed by atoms with Gasteiger partial charge in [0.25, 0.3) is 5.91 Å². The number of methoxy groups -OCH3 is 1. The monoisotopic (exact) mass is 342 g/mol. The summed E-state index contributed by atoms with van der Waals surface area (Å²) in [6, 6.07) is 4.56. The van der Waals surface area contributed by atoms with E-state index in [0.717, 1.165) is 19.2 Å². The van der Waals surface area contributed by atoms with Gasteiger partial charge in [-0.3, -0.25) is 9.59 Å². The molecular weight excluding hydrogens is 329 g/mol. The van der Waals surface area contributed by atoms with Crippen LogP contribution in [-0.4, -0.2) is 25.5 Å². The first-order valence-corrected chi connectivity index (χ1v) is 6.66. The lowest BCUT2D eigenvalue weighted by molar-refractivity contribution is -0.139. The summed E-state index contributed by atoms with van der Waals surface area (Å²) < 4.78 is 48.6. The predicted molar refractivity (Wildman–Crippen MR) is 78.6 cm³/mol. The molecule has 0 saturated carbocycles. The molecule has 0 radical (unpaired) electrons. The van der Waals surface area contributed by atoms with Crippen LogP contribution in [0.15, 0.2) is 41.2 Å². The maximum Gasteiger partial charge on any atom is 0.418 e. The van der Waals surface area contributed by atoms with E-state index in [9.17, 15) is 22.8 Å². The normalized spacial score (nSPS) is 11.0. The summed E-state index contributed by atoms with van der Waals surface area (Å²) in [4.78, 5) is 22.9. The van der Waals surface area contributed by atoms with Gasteiger partial charge in [0.2, 0.25) is 0 Å². The van der Waals surface area contributed by atoms with E-state index in [-0.39, 0.29) is 16.9 Å². The summed E-state index contributed by atoms with van der Waals surface area (Å²) in [5, 5.41) is 4.70. The minimum absolute atomic E-state index is 0.0443. The molecule has 0 bridgehead atoms. The highest BCUT2D eigenvalue weighted by atomic mass is 19.4. The van der Waals surface area contributed by atoms with Crippen LogP contribution < -0.4 is 10.6 Å². The number of carbonyl (C=O) groups is 2. The molecule has 1 heterocycles. The van der Waals surface area contributed by atoms with Crippen molar-refractivity contribution >= 4 is 23.3 Å². The molecule has 2 N–H and O–H groups in total. The second-order valence-corrected chi connectivity index (χ2v) is 4.65. The third-order valence-electron chi connectivity index (χ3n) is 3.02. The smallest absolute Gasteiger partial charge is 0.418 e. The number of nitrogens with one attached hydrogen (secondary N) is 2. The Labute approximate surface area is 134 Å². The minimum Gasteiger partial charge on any atom is -0.472 e. The summed E-state index contributed by atoms with van der Waals surface area (Å²) in [7, 11) is 1.13. The maximum atomic E-state index is 13.2. The Balaban J connectivity index is 2.22. The van der Waals surface area contributed by atoms with Crippen molar-refractivity contribution in [3.63, 3.8) is 0 Å². The molecule has 0 aliphatic carbocycles. The zero-order chi connectivity index (χ0) is 17.7. The molecular formula is C15H13F3N2O4. The lowest BCUT2D eigenvalue weighted by Crippen LogP contribution is -2.19. The van der Waals surface area contributed by atoms with Gasteiger partial charge in [-0.25, -0.2) is 0 Å². The molecule has 0 unspecified atom stereocenters. The van der Waals surface area contributed by atoms with E-state index in [1.165, 1.54) is 24.7 Å². The van der Waals surface area contributed by atoms with E-state index in [1.54, 1.807) is 0 Å². The number of furan rings is 1. The van der Waals surface area contributed by atoms with Gasteiger partial charge < -0.3 is 19.8 Å². The zero-order valence-corrected chi connectivity index (χ0v) is 12.4. The van der Waals surface area contributed by atoms with Crippen molar-refractivity contribution in [2.24, 2.45) is 0 Å². The molecule has 24 heavy (non-hydrogen) atoms. The van der Waals surface area contributed by atoms with E-state index < -0.39 is 30.2 Å². The first-order chi connectivity index (χ1) is 11.3. The van der Waals surface area contributed by atoms with Gasteiger partial charge in [0.1, 0.15) is 12.8 Å². The number of anilines is 2. The van der Waals surface area contributed by atoms with E-state index in [4.69, 9.17) is 4.42 Å². The van der Waals surface area contributed by atoms with Crippen molar-refractivity contribution in [1.82, 2.24) is 0 Å². The fraction of sp³-hybridized carbons (Fsp3) is 0.200. The van der Waals surface area contributed by atoms with Gasteiger partial charge in [0.15, 0.2) is 0 Å². The highest BCUT2D eigenvalue weighted by molar-refractivity contribution is 6.04. The van der Waals surface area contributed by atoms with Gasteiger partial charge in [0.05, 0.1) is 24.5 Å². The van der Waals surface area contributed by atoms with Crippen LogP contribution in [-0.2, 0) is 15.7 Å². The Bertz CT molecular complexity index is 727. The molecule has 2 aromatic rings. The van der Waals surface area contributed by atoms with Gasteiger partial charge in [-0.2, -0.15) is 13.2 Å². The molecule has 1 aromatic heterocycles. The van der Waals surface area contributed by atoms with Crippen LogP contribution in [0.1, 0.15) is 15.9 Å². The van der Waals surface area contributed by atoms with Crippen LogP contribution in [0.25, 0.3) is 0 Å². The van der Waals surface area contributed by atoms with Gasteiger partial charge in [-0.1, -0.05) is 0 Å². The van der Waals surface area contributed by atoms with E-state index in [0.29, 0.717) is 0 Å². The quantitative estimate of drug-likeness (QED) is 0.816. The number of ether oxygens (including phenoxy) is 1. The molecule has 0 aliphatic heterocycles. The van der Waals surface area contributed by atoms with Crippen molar-refractivity contribution in [2.45, 2.75) is 6.18 Å². The fourth-order valence-corrected chi connectivity index (χ4v) is 1.85. The molecule has 0 atom stereocenters. The van der Waals surface area contributed by atoms with E-state index in [1.807, 2.05) is 0 Å². The Kier molecular flexibility index (Phi) is 5.12. The van der Waals surface area contributed by atoms with E-state index >= 15 is 0 Å². The average Bonchev–Trinajstić information content (AvgIpc) is 3.06. The Morgan fingerprint density at radius 3 is 2.58 bits per heavy atom. The molecule has 0 spiro atoms. The summed E-state index contributed by atoms with van der Waals surface area (Å²) >= 11 is 0. The predicted octanol–water partition coefficient (Wildman–Crippen LogP) is 3.14. The fourth-order valence-electron chi connectivity index (χ4n) is 1.85. The van der Waals surface area contributed by atoms with Crippen LogP contribution in [0, 0.1) is 0 Å². The van der Waals surface area contributed by atoms with Crippen LogP contribution in [0.5, 0.6) is 0 Å². The van der Waals surface area contributed by atoms with Gasteiger partial charge in [0, 0.05) is 11.4 Å². The van der Waals surface area contributed by atoms with Gasteiger partial charge in [-0.15, -0.1) is 0 Å². The second kappa shape index (κ2) is 7.07. The third kappa shape index (κ3) is 4.28. The second-order valence-electron chi connectivity index (χ2n) is 4.65. The first-order valence-electron chi connectivity index (χ1n) is 6.66. The van der Waals surface area contributed by atoms with Crippen molar-refractivity contribution < 1.29 is 31.9 Å². The molecule has 0 aliphatic rings. The van der Waals surface area contributed by atoms with Crippen molar-refractivity contribution in [2.75, 3.05) is 24.3 Å². The number of carbonyl (C=O) groups excluding carboxylic acids is 2. The first kappa shape index (κ1) is 17.4. The molecule has 1 aromatic carbocycles. The molecule has 2 rings (SSSR count). The Morgan fingerprint density at radius 1 is 1.25 bits per heavy atom. The van der Waals surface area contributed by atoms with Crippen LogP contribution in [0.3, 0.4) is 0 Å². The Morgan fingerprint density at radius 2 is 2.00 bits per heavy atom. The number of halogens is 3. The SMILES string of the molecule is COC(=O)CNc1ccc(NC(=O)c2ccoc2)cc1C(F)(F)F. The topological polar surface area (TPSA) is 80.6 Å².